The molecule has 8 nitrogen and oxygen atoms in total. The number of hydrogen-bond acceptors (Lipinski definition) is 6. The van der Waals surface area contributed by atoms with E-state index < -0.39 is 5.91 Å². The van der Waals surface area contributed by atoms with Gasteiger partial charge in [0.25, 0.3) is 11.5 Å². The maximum atomic E-state index is 12.7. The monoisotopic (exact) mass is 388 g/mol. The van der Waals surface area contributed by atoms with Gasteiger partial charge in [0.1, 0.15) is 6.54 Å². The summed E-state index contributed by atoms with van der Waals surface area (Å²) in [6.45, 7) is -0.198. The number of aromatic nitrogens is 2. The van der Waals surface area contributed by atoms with Gasteiger partial charge in [-0.3, -0.25) is 25.0 Å². The average Bonchev–Trinajstić information content (AvgIpc) is 2.69. The molecule has 0 aliphatic heterocycles. The van der Waals surface area contributed by atoms with Gasteiger partial charge in [0.05, 0.1) is 37.1 Å². The van der Waals surface area contributed by atoms with E-state index in [1.54, 1.807) is 36.4 Å². The van der Waals surface area contributed by atoms with Crippen molar-refractivity contribution in [2.45, 2.75) is 6.54 Å². The highest BCUT2D eigenvalue weighted by molar-refractivity contribution is 6.30. The number of carbonyl (C=O) groups is 1. The van der Waals surface area contributed by atoms with E-state index in [1.807, 2.05) is 0 Å². The smallest absolute Gasteiger partial charge is 0.261 e. The lowest BCUT2D eigenvalue weighted by molar-refractivity contribution is -0.121. The Kier molecular flexibility index (Phi) is 5.46. The summed E-state index contributed by atoms with van der Waals surface area (Å²) in [4.78, 5) is 29.0. The van der Waals surface area contributed by atoms with Crippen molar-refractivity contribution >= 4 is 34.1 Å². The van der Waals surface area contributed by atoms with Gasteiger partial charge in [-0.15, -0.1) is 0 Å². The minimum atomic E-state index is -0.409. The molecular weight excluding hydrogens is 372 g/mol. The van der Waals surface area contributed by atoms with Gasteiger partial charge in [0.2, 0.25) is 0 Å². The van der Waals surface area contributed by atoms with Crippen molar-refractivity contribution in [1.82, 2.24) is 15.0 Å². The number of nitrogens with zero attached hydrogens (tertiary/aromatic N) is 2. The Morgan fingerprint density at radius 1 is 1.15 bits per heavy atom. The quantitative estimate of drug-likeness (QED) is 0.629. The first-order chi connectivity index (χ1) is 13.0. The first-order valence-corrected chi connectivity index (χ1v) is 8.31. The molecule has 0 aliphatic carbocycles. The summed E-state index contributed by atoms with van der Waals surface area (Å²) in [5.41, 5.74) is 6.02. The van der Waals surface area contributed by atoms with E-state index in [-0.39, 0.29) is 12.1 Å². The van der Waals surface area contributed by atoms with Gasteiger partial charge in [-0.1, -0.05) is 11.6 Å². The van der Waals surface area contributed by atoms with Gasteiger partial charge >= 0.3 is 0 Å². The molecular formula is C18H17ClN4O4. The molecule has 0 bridgehead atoms. The van der Waals surface area contributed by atoms with E-state index >= 15 is 0 Å². The molecule has 3 aromatic rings. The Hall–Kier alpha value is -3.26. The summed E-state index contributed by atoms with van der Waals surface area (Å²) < 4.78 is 11.6. The molecule has 0 unspecified atom stereocenters. The molecule has 0 saturated carbocycles. The van der Waals surface area contributed by atoms with E-state index in [1.165, 1.54) is 25.1 Å². The number of hydrogen-bond donors (Lipinski definition) is 2. The Balaban J connectivity index is 1.78. The predicted octanol–water partition coefficient (Wildman–Crippen LogP) is 2.21. The number of amides is 1. The molecule has 2 N–H and O–H groups in total. The standard InChI is InChI=1S/C18H17ClN4O4/c1-26-15-7-13-14(8-16(15)27-2)20-10-23(18(13)25)9-17(24)22-21-12-5-3-11(19)4-6-12/h3-8,10,21H,9H2,1-2H3,(H,22,24). The van der Waals surface area contributed by atoms with Gasteiger partial charge in [0.15, 0.2) is 11.5 Å². The van der Waals surface area contributed by atoms with Crippen LogP contribution in [-0.2, 0) is 11.3 Å². The van der Waals surface area contributed by atoms with Crippen molar-refractivity contribution < 1.29 is 14.3 Å². The molecule has 0 spiro atoms. The van der Waals surface area contributed by atoms with Crippen molar-refractivity contribution in [3.8, 4) is 11.5 Å². The van der Waals surface area contributed by atoms with E-state index in [2.05, 4.69) is 15.8 Å². The molecule has 1 heterocycles. The van der Waals surface area contributed by atoms with Crippen molar-refractivity contribution in [3.05, 3.63) is 58.1 Å². The van der Waals surface area contributed by atoms with Gasteiger partial charge in [-0.2, -0.15) is 0 Å². The zero-order chi connectivity index (χ0) is 19.4. The summed E-state index contributed by atoms with van der Waals surface area (Å²) in [7, 11) is 2.98. The fraction of sp³-hybridized carbons (Fsp3) is 0.167. The molecule has 0 atom stereocenters. The Labute approximate surface area is 159 Å². The van der Waals surface area contributed by atoms with Crippen molar-refractivity contribution in [2.24, 2.45) is 0 Å². The molecule has 1 aromatic heterocycles. The molecule has 1 amide bonds. The van der Waals surface area contributed by atoms with Crippen LogP contribution in [0.4, 0.5) is 5.69 Å². The van der Waals surface area contributed by atoms with Crippen LogP contribution in [0.25, 0.3) is 10.9 Å². The molecule has 0 saturated heterocycles. The third-order valence-electron chi connectivity index (χ3n) is 3.83. The second kappa shape index (κ2) is 7.96. The average molecular weight is 389 g/mol. The largest absolute Gasteiger partial charge is 0.493 e. The van der Waals surface area contributed by atoms with E-state index in [0.29, 0.717) is 33.1 Å². The molecule has 0 aliphatic rings. The van der Waals surface area contributed by atoms with Gasteiger partial charge in [-0.25, -0.2) is 4.98 Å². The number of methoxy groups -OCH3 is 2. The maximum Gasteiger partial charge on any atom is 0.261 e. The number of nitrogens with one attached hydrogen (secondary N) is 2. The fourth-order valence-corrected chi connectivity index (χ4v) is 2.59. The lowest BCUT2D eigenvalue weighted by atomic mass is 10.2. The van der Waals surface area contributed by atoms with Crippen LogP contribution in [0.1, 0.15) is 0 Å². The SMILES string of the molecule is COc1cc2ncn(CC(=O)NNc3ccc(Cl)cc3)c(=O)c2cc1OC. The molecule has 9 heteroatoms. The fourth-order valence-electron chi connectivity index (χ4n) is 2.47. The third-order valence-corrected chi connectivity index (χ3v) is 4.09. The Morgan fingerprint density at radius 3 is 2.48 bits per heavy atom. The van der Waals surface area contributed by atoms with Crippen LogP contribution in [0.2, 0.25) is 5.02 Å². The second-order valence-corrected chi connectivity index (χ2v) is 6.02. The number of hydrazine groups is 1. The molecule has 0 fully saturated rings. The van der Waals surface area contributed by atoms with Crippen LogP contribution in [0.15, 0.2) is 47.5 Å². The number of halogens is 1. The number of benzene rings is 2. The molecule has 27 heavy (non-hydrogen) atoms. The third kappa shape index (κ3) is 4.12. The maximum absolute atomic E-state index is 12.7. The number of ether oxygens (including phenoxy) is 2. The topological polar surface area (TPSA) is 94.5 Å². The van der Waals surface area contributed by atoms with Crippen molar-refractivity contribution in [1.29, 1.82) is 0 Å². The first kappa shape index (κ1) is 18.5. The molecule has 2 aromatic carbocycles. The Morgan fingerprint density at radius 2 is 1.81 bits per heavy atom. The normalized spacial score (nSPS) is 10.5. The summed E-state index contributed by atoms with van der Waals surface area (Å²) in [6, 6.07) is 9.97. The number of fused-ring (bicyclic) bond motifs is 1. The number of rotatable bonds is 6. The minimum Gasteiger partial charge on any atom is -0.493 e. The lowest BCUT2D eigenvalue weighted by Gasteiger charge is -2.11. The van der Waals surface area contributed by atoms with E-state index in [9.17, 15) is 9.59 Å². The second-order valence-electron chi connectivity index (χ2n) is 5.58. The highest BCUT2D eigenvalue weighted by Crippen LogP contribution is 2.29. The molecule has 3 rings (SSSR count). The lowest BCUT2D eigenvalue weighted by Crippen LogP contribution is -2.35. The zero-order valence-corrected chi connectivity index (χ0v) is 15.4. The Bertz CT molecular complexity index is 1030. The van der Waals surface area contributed by atoms with Crippen LogP contribution >= 0.6 is 11.6 Å². The van der Waals surface area contributed by atoms with Crippen LogP contribution < -0.4 is 25.9 Å². The van der Waals surface area contributed by atoms with E-state index in [4.69, 9.17) is 21.1 Å². The van der Waals surface area contributed by atoms with Crippen LogP contribution in [0, 0.1) is 0 Å². The van der Waals surface area contributed by atoms with Crippen molar-refractivity contribution in [2.75, 3.05) is 19.6 Å². The van der Waals surface area contributed by atoms with Crippen LogP contribution in [-0.4, -0.2) is 29.7 Å². The minimum absolute atomic E-state index is 0.198. The molecule has 140 valence electrons. The summed E-state index contributed by atoms with van der Waals surface area (Å²) in [6.07, 6.45) is 1.32. The van der Waals surface area contributed by atoms with Crippen LogP contribution in [0.5, 0.6) is 11.5 Å². The van der Waals surface area contributed by atoms with Gasteiger partial charge < -0.3 is 9.47 Å². The van der Waals surface area contributed by atoms with Gasteiger partial charge in [0, 0.05) is 11.1 Å². The van der Waals surface area contributed by atoms with Crippen LogP contribution in [0.3, 0.4) is 0 Å². The predicted molar refractivity (Wildman–Crippen MR) is 102 cm³/mol. The van der Waals surface area contributed by atoms with Crippen molar-refractivity contribution in [3.63, 3.8) is 0 Å². The summed E-state index contributed by atoms with van der Waals surface area (Å²) in [5, 5.41) is 0.918. The molecule has 0 radical (unpaired) electrons. The zero-order valence-electron chi connectivity index (χ0n) is 14.7. The highest BCUT2D eigenvalue weighted by Gasteiger charge is 2.12. The summed E-state index contributed by atoms with van der Waals surface area (Å²) in [5.74, 6) is 0.476. The van der Waals surface area contributed by atoms with Gasteiger partial charge in [-0.05, 0) is 30.3 Å². The number of carbonyl (C=O) groups excluding carboxylic acids is 1. The van der Waals surface area contributed by atoms with E-state index in [0.717, 1.165) is 0 Å². The summed E-state index contributed by atoms with van der Waals surface area (Å²) >= 11 is 5.81. The first-order valence-electron chi connectivity index (χ1n) is 7.93. The number of anilines is 1. The highest BCUT2D eigenvalue weighted by atomic mass is 35.5.